The molecule has 0 aromatic carbocycles. The van der Waals surface area contributed by atoms with Crippen LogP contribution in [-0.4, -0.2) is 25.1 Å². The number of aromatic nitrogens is 1. The average Bonchev–Trinajstić information content (AvgIpc) is 2.86. The molecule has 0 amide bonds. The molecule has 108 valence electrons. The lowest BCUT2D eigenvalue weighted by Gasteiger charge is -2.38. The Morgan fingerprint density at radius 1 is 1.37 bits per heavy atom. The van der Waals surface area contributed by atoms with Gasteiger partial charge in [0.2, 0.25) is 0 Å². The van der Waals surface area contributed by atoms with E-state index < -0.39 is 0 Å². The fraction of sp³-hybridized carbons (Fsp3) is 0.800. The zero-order valence-corrected chi connectivity index (χ0v) is 13.7. The standard InChI is InChI=1S/C15H27N3S/c1-11(16-5)13-10-19-14(17-13)18-8-6-12(7-9-18)15(2,3)4/h10-12,16H,6-9H2,1-5H3. The van der Waals surface area contributed by atoms with Crippen molar-refractivity contribution in [3.63, 3.8) is 0 Å². The van der Waals surface area contributed by atoms with Gasteiger partial charge in [0.25, 0.3) is 0 Å². The van der Waals surface area contributed by atoms with Crippen molar-refractivity contribution >= 4 is 16.5 Å². The van der Waals surface area contributed by atoms with Gasteiger partial charge in [-0.2, -0.15) is 0 Å². The number of nitrogens with zero attached hydrogens (tertiary/aromatic N) is 2. The first-order valence-corrected chi connectivity index (χ1v) is 8.17. The molecule has 1 aromatic heterocycles. The molecular weight excluding hydrogens is 254 g/mol. The van der Waals surface area contributed by atoms with Gasteiger partial charge < -0.3 is 10.2 Å². The lowest BCUT2D eigenvalue weighted by atomic mass is 9.75. The Hall–Kier alpha value is -0.610. The maximum atomic E-state index is 4.77. The third kappa shape index (κ3) is 3.48. The van der Waals surface area contributed by atoms with Gasteiger partial charge in [0.05, 0.1) is 5.69 Å². The molecule has 1 unspecified atom stereocenters. The van der Waals surface area contributed by atoms with Gasteiger partial charge in [-0.3, -0.25) is 0 Å². The summed E-state index contributed by atoms with van der Waals surface area (Å²) in [6.07, 6.45) is 2.58. The quantitative estimate of drug-likeness (QED) is 0.916. The molecule has 1 aliphatic heterocycles. The fourth-order valence-corrected chi connectivity index (χ4v) is 3.68. The highest BCUT2D eigenvalue weighted by atomic mass is 32.1. The Bertz CT molecular complexity index is 400. The molecule has 1 saturated heterocycles. The maximum absolute atomic E-state index is 4.77. The second kappa shape index (κ2) is 5.80. The second-order valence-electron chi connectivity index (χ2n) is 6.69. The Morgan fingerprint density at radius 3 is 2.53 bits per heavy atom. The molecule has 1 N–H and O–H groups in total. The molecule has 1 fully saturated rings. The number of rotatable bonds is 3. The summed E-state index contributed by atoms with van der Waals surface area (Å²) < 4.78 is 0. The van der Waals surface area contributed by atoms with E-state index in [2.05, 4.69) is 43.3 Å². The van der Waals surface area contributed by atoms with Crippen molar-refractivity contribution < 1.29 is 0 Å². The van der Waals surface area contributed by atoms with E-state index in [1.165, 1.54) is 23.7 Å². The van der Waals surface area contributed by atoms with Crippen LogP contribution in [0.4, 0.5) is 5.13 Å². The topological polar surface area (TPSA) is 28.2 Å². The second-order valence-corrected chi connectivity index (χ2v) is 7.53. The van der Waals surface area contributed by atoms with Gasteiger partial charge in [-0.15, -0.1) is 11.3 Å². The third-order valence-corrected chi connectivity index (χ3v) is 5.30. The highest BCUT2D eigenvalue weighted by Gasteiger charge is 2.29. The van der Waals surface area contributed by atoms with Crippen molar-refractivity contribution in [3.8, 4) is 0 Å². The SMILES string of the molecule is CNC(C)c1csc(N2CCC(C(C)(C)C)CC2)n1. The first-order chi connectivity index (χ1) is 8.91. The smallest absolute Gasteiger partial charge is 0.185 e. The van der Waals surface area contributed by atoms with E-state index in [-0.39, 0.29) is 0 Å². The van der Waals surface area contributed by atoms with E-state index in [1.807, 2.05) is 7.05 Å². The van der Waals surface area contributed by atoms with Crippen molar-refractivity contribution in [2.75, 3.05) is 25.0 Å². The third-order valence-electron chi connectivity index (χ3n) is 4.38. The van der Waals surface area contributed by atoms with Crippen LogP contribution in [0.2, 0.25) is 0 Å². The van der Waals surface area contributed by atoms with Gasteiger partial charge in [0.15, 0.2) is 5.13 Å². The number of hydrogen-bond donors (Lipinski definition) is 1. The van der Waals surface area contributed by atoms with Gasteiger partial charge in [-0.1, -0.05) is 20.8 Å². The molecule has 2 heterocycles. The van der Waals surface area contributed by atoms with Gasteiger partial charge in [0.1, 0.15) is 0 Å². The van der Waals surface area contributed by atoms with Crippen LogP contribution in [0.5, 0.6) is 0 Å². The van der Waals surface area contributed by atoms with Crippen LogP contribution >= 0.6 is 11.3 Å². The summed E-state index contributed by atoms with van der Waals surface area (Å²) in [6.45, 7) is 11.6. The molecule has 4 heteroatoms. The number of anilines is 1. The fourth-order valence-electron chi connectivity index (χ4n) is 2.71. The molecule has 0 radical (unpaired) electrons. The first-order valence-electron chi connectivity index (χ1n) is 7.29. The summed E-state index contributed by atoms with van der Waals surface area (Å²) >= 11 is 1.78. The molecule has 19 heavy (non-hydrogen) atoms. The van der Waals surface area contributed by atoms with Gasteiger partial charge in [-0.05, 0) is 38.1 Å². The molecule has 0 bridgehead atoms. The number of piperidine rings is 1. The zero-order valence-electron chi connectivity index (χ0n) is 12.9. The molecule has 0 saturated carbocycles. The van der Waals surface area contributed by atoms with Crippen molar-refractivity contribution in [1.29, 1.82) is 0 Å². The van der Waals surface area contributed by atoms with Gasteiger partial charge in [-0.25, -0.2) is 4.98 Å². The van der Waals surface area contributed by atoms with Crippen LogP contribution in [-0.2, 0) is 0 Å². The number of hydrogen-bond acceptors (Lipinski definition) is 4. The van der Waals surface area contributed by atoms with Crippen LogP contribution in [0.3, 0.4) is 0 Å². The van der Waals surface area contributed by atoms with Crippen molar-refractivity contribution in [2.24, 2.45) is 11.3 Å². The van der Waals surface area contributed by atoms with E-state index in [1.54, 1.807) is 11.3 Å². The number of nitrogens with one attached hydrogen (secondary N) is 1. The number of thiazole rings is 1. The van der Waals surface area contributed by atoms with Gasteiger partial charge >= 0.3 is 0 Å². The van der Waals surface area contributed by atoms with E-state index in [9.17, 15) is 0 Å². The van der Waals surface area contributed by atoms with E-state index in [4.69, 9.17) is 4.98 Å². The molecule has 1 aromatic rings. The van der Waals surface area contributed by atoms with E-state index >= 15 is 0 Å². The average molecular weight is 281 g/mol. The molecule has 0 aliphatic carbocycles. The molecule has 1 atom stereocenters. The highest BCUT2D eigenvalue weighted by Crippen LogP contribution is 2.36. The summed E-state index contributed by atoms with van der Waals surface area (Å²) in [6, 6.07) is 0.345. The zero-order chi connectivity index (χ0) is 14.0. The Morgan fingerprint density at radius 2 is 2.00 bits per heavy atom. The van der Waals surface area contributed by atoms with E-state index in [0.717, 1.165) is 19.0 Å². The Labute approximate surface area is 121 Å². The Balaban J connectivity index is 1.96. The van der Waals surface area contributed by atoms with Crippen molar-refractivity contribution in [3.05, 3.63) is 11.1 Å². The summed E-state index contributed by atoms with van der Waals surface area (Å²) in [4.78, 5) is 7.23. The highest BCUT2D eigenvalue weighted by molar-refractivity contribution is 7.13. The lowest BCUT2D eigenvalue weighted by molar-refractivity contribution is 0.199. The van der Waals surface area contributed by atoms with Crippen molar-refractivity contribution in [2.45, 2.75) is 46.6 Å². The molecule has 2 rings (SSSR count). The predicted octanol–water partition coefficient (Wildman–Crippen LogP) is 3.69. The van der Waals surface area contributed by atoms with Crippen LogP contribution in [0.1, 0.15) is 52.3 Å². The monoisotopic (exact) mass is 281 g/mol. The molecular formula is C15H27N3S. The summed E-state index contributed by atoms with van der Waals surface area (Å²) in [7, 11) is 1.98. The largest absolute Gasteiger partial charge is 0.348 e. The first kappa shape index (κ1) is 14.8. The predicted molar refractivity (Wildman–Crippen MR) is 84.0 cm³/mol. The van der Waals surface area contributed by atoms with E-state index in [0.29, 0.717) is 11.5 Å². The molecule has 0 spiro atoms. The Kier molecular flexibility index (Phi) is 4.51. The minimum Gasteiger partial charge on any atom is -0.348 e. The van der Waals surface area contributed by atoms with Gasteiger partial charge in [0, 0.05) is 24.5 Å². The normalized spacial score (nSPS) is 19.7. The lowest BCUT2D eigenvalue weighted by Crippen LogP contribution is -2.38. The van der Waals surface area contributed by atoms with Crippen LogP contribution in [0.25, 0.3) is 0 Å². The van der Waals surface area contributed by atoms with Crippen LogP contribution in [0, 0.1) is 11.3 Å². The molecule has 1 aliphatic rings. The van der Waals surface area contributed by atoms with Crippen molar-refractivity contribution in [1.82, 2.24) is 10.3 Å². The molecule has 3 nitrogen and oxygen atoms in total. The summed E-state index contributed by atoms with van der Waals surface area (Å²) in [5.74, 6) is 0.847. The van der Waals surface area contributed by atoms with Crippen LogP contribution in [0.15, 0.2) is 5.38 Å². The minimum absolute atomic E-state index is 0.345. The minimum atomic E-state index is 0.345. The van der Waals surface area contributed by atoms with Crippen LogP contribution < -0.4 is 10.2 Å². The maximum Gasteiger partial charge on any atom is 0.185 e. The summed E-state index contributed by atoms with van der Waals surface area (Å²) in [5.41, 5.74) is 1.61. The summed E-state index contributed by atoms with van der Waals surface area (Å²) in [5, 5.41) is 6.64.